The molecule has 2 amide bonds. The molecular weight excluding hydrogens is 482 g/mol. The summed E-state index contributed by atoms with van der Waals surface area (Å²) in [6.07, 6.45) is 2.23. The molecule has 3 heterocycles. The largest absolute Gasteiger partial charge is 0.444 e. The van der Waals surface area contributed by atoms with Gasteiger partial charge in [-0.15, -0.1) is 10.2 Å². The molecule has 0 N–H and O–H groups in total. The third-order valence-corrected chi connectivity index (χ3v) is 6.63. The van der Waals surface area contributed by atoms with Crippen LogP contribution in [0.5, 0.6) is 0 Å². The Labute approximate surface area is 224 Å². The zero-order valence-electron chi connectivity index (χ0n) is 23.5. The van der Waals surface area contributed by atoms with Crippen molar-refractivity contribution in [3.63, 3.8) is 0 Å². The first kappa shape index (κ1) is 27.1. The van der Waals surface area contributed by atoms with E-state index < -0.39 is 11.7 Å². The fourth-order valence-electron chi connectivity index (χ4n) is 4.36. The zero-order chi connectivity index (χ0) is 27.8. The maximum absolute atomic E-state index is 13.7. The predicted molar refractivity (Wildman–Crippen MR) is 147 cm³/mol. The summed E-state index contributed by atoms with van der Waals surface area (Å²) in [4.78, 5) is 36.3. The lowest BCUT2D eigenvalue weighted by Crippen LogP contribution is -2.34. The van der Waals surface area contributed by atoms with Gasteiger partial charge in [0.25, 0.3) is 5.91 Å². The summed E-state index contributed by atoms with van der Waals surface area (Å²) in [6, 6.07) is 9.73. The van der Waals surface area contributed by atoms with Crippen LogP contribution in [0, 0.1) is 0 Å². The van der Waals surface area contributed by atoms with Crippen molar-refractivity contribution in [2.24, 2.45) is 0 Å². The quantitative estimate of drug-likeness (QED) is 0.438. The number of pyridine rings is 1. The first-order valence-corrected chi connectivity index (χ1v) is 12.9. The van der Waals surface area contributed by atoms with Crippen LogP contribution >= 0.6 is 0 Å². The lowest BCUT2D eigenvalue weighted by Gasteiger charge is -2.25. The first-order valence-electron chi connectivity index (χ1n) is 12.9. The fraction of sp³-hybridized carbons (Fsp3) is 0.464. The van der Waals surface area contributed by atoms with Gasteiger partial charge in [-0.2, -0.15) is 0 Å². The second kappa shape index (κ2) is 10.4. The molecule has 1 aliphatic heterocycles. The van der Waals surface area contributed by atoms with Crippen molar-refractivity contribution in [2.45, 2.75) is 65.8 Å². The molecule has 0 saturated carbocycles. The molecule has 0 bridgehead atoms. The minimum Gasteiger partial charge on any atom is -0.444 e. The molecule has 3 aromatic rings. The van der Waals surface area contributed by atoms with Crippen LogP contribution in [0.4, 0.5) is 16.3 Å². The second-order valence-electron chi connectivity index (χ2n) is 11.0. The summed E-state index contributed by atoms with van der Waals surface area (Å²) in [5, 5.41) is 8.38. The van der Waals surface area contributed by atoms with Crippen molar-refractivity contribution in [3.05, 3.63) is 53.3 Å². The highest BCUT2D eigenvalue weighted by Gasteiger charge is 2.33. The zero-order valence-corrected chi connectivity index (χ0v) is 23.5. The van der Waals surface area contributed by atoms with Gasteiger partial charge in [-0.3, -0.25) is 9.69 Å². The van der Waals surface area contributed by atoms with Crippen LogP contribution < -0.4 is 9.80 Å². The van der Waals surface area contributed by atoms with Gasteiger partial charge in [0.2, 0.25) is 0 Å². The van der Waals surface area contributed by atoms with E-state index in [4.69, 9.17) is 9.72 Å². The lowest BCUT2D eigenvalue weighted by molar-refractivity contribution is 0.0284. The summed E-state index contributed by atoms with van der Waals surface area (Å²) in [5.41, 5.74) is 3.33. The highest BCUT2D eigenvalue weighted by molar-refractivity contribution is 6.10. The Morgan fingerprint density at radius 1 is 1.18 bits per heavy atom. The van der Waals surface area contributed by atoms with Gasteiger partial charge in [0, 0.05) is 45.0 Å². The van der Waals surface area contributed by atoms with Gasteiger partial charge in [-0.1, -0.05) is 13.0 Å². The third-order valence-electron chi connectivity index (χ3n) is 6.63. The first-order chi connectivity index (χ1) is 17.9. The van der Waals surface area contributed by atoms with E-state index in [0.717, 1.165) is 23.2 Å². The molecule has 0 fully saturated rings. The van der Waals surface area contributed by atoms with Gasteiger partial charge < -0.3 is 19.1 Å². The van der Waals surface area contributed by atoms with E-state index in [1.54, 1.807) is 18.3 Å². The van der Waals surface area contributed by atoms with Crippen molar-refractivity contribution < 1.29 is 14.3 Å². The van der Waals surface area contributed by atoms with E-state index >= 15 is 0 Å². The van der Waals surface area contributed by atoms with Crippen molar-refractivity contribution in [1.29, 1.82) is 0 Å². The van der Waals surface area contributed by atoms with E-state index in [9.17, 15) is 9.59 Å². The predicted octanol–water partition coefficient (Wildman–Crippen LogP) is 4.90. The maximum atomic E-state index is 13.7. The van der Waals surface area contributed by atoms with Crippen LogP contribution in [-0.4, -0.2) is 63.4 Å². The van der Waals surface area contributed by atoms with Gasteiger partial charge in [-0.25, -0.2) is 9.78 Å². The number of rotatable bonds is 7. The molecule has 0 spiro atoms. The molecule has 10 heteroatoms. The average Bonchev–Trinajstić information content (AvgIpc) is 3.48. The number of hydrogen-bond donors (Lipinski definition) is 0. The Morgan fingerprint density at radius 3 is 2.58 bits per heavy atom. The highest BCUT2D eigenvalue weighted by atomic mass is 16.6. The van der Waals surface area contributed by atoms with Gasteiger partial charge in [-0.05, 0) is 69.5 Å². The lowest BCUT2D eigenvalue weighted by atomic mass is 10.0. The number of fused-ring (bicyclic) bond motifs is 1. The number of carbonyl (C=O) groups excluding carboxylic acids is 2. The Morgan fingerprint density at radius 2 is 1.92 bits per heavy atom. The standard InChI is InChI=1S/C28H37N7O3/c1-9-18(2)35-17-29-31-25(35)23-11-10-12-24(30-23)34-16-22-19(15-33(8)27(37)38-28(3,4)5)13-20(32(6)7)14-21(22)26(34)36/h10-14,17-18H,9,15-16H2,1-8H3/t18-/m0/s1. The van der Waals surface area contributed by atoms with Gasteiger partial charge in [0.1, 0.15) is 23.4 Å². The van der Waals surface area contributed by atoms with E-state index in [1.807, 2.05) is 74.7 Å². The summed E-state index contributed by atoms with van der Waals surface area (Å²) in [7, 11) is 5.56. The minimum absolute atomic E-state index is 0.127. The van der Waals surface area contributed by atoms with Gasteiger partial charge in [0.15, 0.2) is 5.82 Å². The van der Waals surface area contributed by atoms with Crippen LogP contribution in [0.3, 0.4) is 0 Å². The number of anilines is 2. The maximum Gasteiger partial charge on any atom is 0.410 e. The van der Waals surface area contributed by atoms with E-state index in [1.165, 1.54) is 4.90 Å². The molecule has 0 radical (unpaired) electrons. The molecule has 4 rings (SSSR count). The number of ether oxygens (including phenoxy) is 1. The molecule has 0 unspecified atom stereocenters. The van der Waals surface area contributed by atoms with Crippen LogP contribution in [0.15, 0.2) is 36.7 Å². The van der Waals surface area contributed by atoms with Crippen molar-refractivity contribution in [2.75, 3.05) is 30.9 Å². The average molecular weight is 520 g/mol. The van der Waals surface area contributed by atoms with E-state index in [-0.39, 0.29) is 11.9 Å². The van der Waals surface area contributed by atoms with Crippen LogP contribution in [-0.2, 0) is 17.8 Å². The van der Waals surface area contributed by atoms with E-state index in [2.05, 4.69) is 24.0 Å². The van der Waals surface area contributed by atoms with Crippen molar-refractivity contribution >= 4 is 23.5 Å². The number of amides is 2. The van der Waals surface area contributed by atoms with Crippen LogP contribution in [0.2, 0.25) is 0 Å². The van der Waals surface area contributed by atoms with Crippen LogP contribution in [0.25, 0.3) is 11.5 Å². The number of aromatic nitrogens is 4. The summed E-state index contributed by atoms with van der Waals surface area (Å²) >= 11 is 0. The third kappa shape index (κ3) is 5.49. The summed E-state index contributed by atoms with van der Waals surface area (Å²) < 4.78 is 7.54. The smallest absolute Gasteiger partial charge is 0.410 e. The minimum atomic E-state index is -0.596. The van der Waals surface area contributed by atoms with Crippen molar-refractivity contribution in [3.8, 4) is 11.5 Å². The number of hydrogen-bond acceptors (Lipinski definition) is 7. The van der Waals surface area contributed by atoms with Crippen LogP contribution in [0.1, 0.15) is 68.6 Å². The molecular formula is C28H37N7O3. The van der Waals surface area contributed by atoms with Gasteiger partial charge >= 0.3 is 6.09 Å². The highest BCUT2D eigenvalue weighted by Crippen LogP contribution is 2.34. The second-order valence-corrected chi connectivity index (χ2v) is 11.0. The number of benzene rings is 1. The Kier molecular flexibility index (Phi) is 7.44. The Bertz CT molecular complexity index is 1340. The molecule has 1 aromatic carbocycles. The molecule has 38 heavy (non-hydrogen) atoms. The normalized spacial score (nSPS) is 13.9. The number of carbonyl (C=O) groups is 2. The molecule has 0 saturated heterocycles. The molecule has 0 aliphatic carbocycles. The molecule has 2 aromatic heterocycles. The molecule has 1 aliphatic rings. The molecule has 202 valence electrons. The Balaban J connectivity index is 1.67. The topological polar surface area (TPSA) is 96.7 Å². The van der Waals surface area contributed by atoms with Crippen molar-refractivity contribution in [1.82, 2.24) is 24.6 Å². The Hall–Kier alpha value is -3.95. The summed E-state index contributed by atoms with van der Waals surface area (Å²) in [5.74, 6) is 1.08. The van der Waals surface area contributed by atoms with Gasteiger partial charge in [0.05, 0.1) is 6.54 Å². The SMILES string of the molecule is CC[C@H](C)n1cnnc1-c1cccc(N2Cc3c(CN(C)C(=O)OC(C)(C)C)cc(N(C)C)cc3C2=O)n1. The molecule has 1 atom stereocenters. The fourth-order valence-corrected chi connectivity index (χ4v) is 4.36. The summed E-state index contributed by atoms with van der Waals surface area (Å²) in [6.45, 7) is 10.4. The van der Waals surface area contributed by atoms with E-state index in [0.29, 0.717) is 36.0 Å². The monoisotopic (exact) mass is 519 g/mol. The molecule has 10 nitrogen and oxygen atoms in total. The number of nitrogens with zero attached hydrogens (tertiary/aromatic N) is 7.